The first-order valence-electron chi connectivity index (χ1n) is 5.66. The summed E-state index contributed by atoms with van der Waals surface area (Å²) < 4.78 is 4.49. The number of amides is 1. The van der Waals surface area contributed by atoms with E-state index in [-0.39, 0.29) is 6.09 Å². The molecule has 16 heavy (non-hydrogen) atoms. The average molecular weight is 221 g/mol. The fourth-order valence-corrected chi connectivity index (χ4v) is 1.54. The lowest BCUT2D eigenvalue weighted by Gasteiger charge is -2.05. The number of hydrogen-bond donors (Lipinski definition) is 1. The van der Waals surface area contributed by atoms with Gasteiger partial charge >= 0.3 is 6.09 Å². The second kappa shape index (κ2) is 6.88. The number of aryl methyl sites for hydroxylation is 1. The van der Waals surface area contributed by atoms with Crippen LogP contribution in [0.4, 0.5) is 4.79 Å². The molecule has 0 fully saturated rings. The Kier molecular flexibility index (Phi) is 5.40. The molecule has 0 saturated heterocycles. The smallest absolute Gasteiger partial charge is 0.406 e. The second-order valence-corrected chi connectivity index (χ2v) is 3.73. The first-order valence-corrected chi connectivity index (χ1v) is 5.66. The van der Waals surface area contributed by atoms with Gasteiger partial charge in [0.2, 0.25) is 0 Å². The van der Waals surface area contributed by atoms with Crippen molar-refractivity contribution in [3.8, 4) is 0 Å². The lowest BCUT2D eigenvalue weighted by molar-refractivity contribution is 0.171. The van der Waals surface area contributed by atoms with E-state index in [2.05, 4.69) is 41.2 Å². The van der Waals surface area contributed by atoms with Crippen LogP contribution in [0.3, 0.4) is 0 Å². The molecule has 0 aromatic heterocycles. The Labute approximate surface area is 96.8 Å². The SMILES string of the molecule is CCCc1ccc(CCNC(=O)OC)cc1. The number of alkyl carbamates (subject to hydrolysis) is 1. The lowest BCUT2D eigenvalue weighted by atomic mass is 10.1. The Bertz CT molecular complexity index is 319. The van der Waals surface area contributed by atoms with Gasteiger partial charge in [-0.25, -0.2) is 4.79 Å². The van der Waals surface area contributed by atoms with Crippen molar-refractivity contribution in [3.05, 3.63) is 35.4 Å². The minimum absolute atomic E-state index is 0.373. The van der Waals surface area contributed by atoms with Gasteiger partial charge in [0.15, 0.2) is 0 Å². The number of nitrogens with one attached hydrogen (secondary N) is 1. The molecule has 0 radical (unpaired) electrons. The molecule has 1 N–H and O–H groups in total. The van der Waals surface area contributed by atoms with Gasteiger partial charge in [0.25, 0.3) is 0 Å². The summed E-state index contributed by atoms with van der Waals surface area (Å²) in [6.45, 7) is 2.79. The normalized spacial score (nSPS) is 9.88. The minimum atomic E-state index is -0.373. The van der Waals surface area contributed by atoms with Crippen LogP contribution in [0.5, 0.6) is 0 Å². The number of hydrogen-bond acceptors (Lipinski definition) is 2. The highest BCUT2D eigenvalue weighted by atomic mass is 16.5. The van der Waals surface area contributed by atoms with E-state index in [1.54, 1.807) is 0 Å². The Morgan fingerprint density at radius 1 is 1.19 bits per heavy atom. The number of benzene rings is 1. The van der Waals surface area contributed by atoms with Crippen molar-refractivity contribution in [1.29, 1.82) is 0 Å². The largest absolute Gasteiger partial charge is 0.453 e. The molecule has 0 bridgehead atoms. The van der Waals surface area contributed by atoms with Gasteiger partial charge in [-0.3, -0.25) is 0 Å². The predicted molar refractivity (Wildman–Crippen MR) is 64.5 cm³/mol. The van der Waals surface area contributed by atoms with Crippen LogP contribution in [0, 0.1) is 0 Å². The van der Waals surface area contributed by atoms with Crippen LogP contribution < -0.4 is 5.32 Å². The van der Waals surface area contributed by atoms with Crippen molar-refractivity contribution in [2.75, 3.05) is 13.7 Å². The zero-order valence-corrected chi connectivity index (χ0v) is 9.95. The maximum atomic E-state index is 10.8. The molecule has 1 aromatic rings. The topological polar surface area (TPSA) is 38.3 Å². The molecule has 88 valence electrons. The molecule has 0 spiro atoms. The van der Waals surface area contributed by atoms with Crippen LogP contribution in [-0.2, 0) is 17.6 Å². The van der Waals surface area contributed by atoms with Crippen molar-refractivity contribution in [2.45, 2.75) is 26.2 Å². The van der Waals surface area contributed by atoms with Gasteiger partial charge in [0.05, 0.1) is 7.11 Å². The molecule has 3 heteroatoms. The van der Waals surface area contributed by atoms with Gasteiger partial charge in [0, 0.05) is 6.54 Å². The van der Waals surface area contributed by atoms with E-state index in [9.17, 15) is 4.79 Å². The minimum Gasteiger partial charge on any atom is -0.453 e. The molecule has 0 atom stereocenters. The average Bonchev–Trinajstić information content (AvgIpc) is 2.31. The molecule has 0 unspecified atom stereocenters. The molecule has 1 rings (SSSR count). The van der Waals surface area contributed by atoms with Crippen molar-refractivity contribution >= 4 is 6.09 Å². The number of carbonyl (C=O) groups excluding carboxylic acids is 1. The quantitative estimate of drug-likeness (QED) is 0.829. The van der Waals surface area contributed by atoms with Crippen LogP contribution in [-0.4, -0.2) is 19.7 Å². The highest BCUT2D eigenvalue weighted by molar-refractivity contribution is 5.66. The monoisotopic (exact) mass is 221 g/mol. The van der Waals surface area contributed by atoms with Gasteiger partial charge in [0.1, 0.15) is 0 Å². The summed E-state index contributed by atoms with van der Waals surface area (Å²) in [7, 11) is 1.37. The first-order chi connectivity index (χ1) is 7.76. The van der Waals surface area contributed by atoms with Crippen LogP contribution in [0.25, 0.3) is 0 Å². The Morgan fingerprint density at radius 2 is 1.75 bits per heavy atom. The van der Waals surface area contributed by atoms with E-state index >= 15 is 0 Å². The summed E-state index contributed by atoms with van der Waals surface area (Å²) >= 11 is 0. The van der Waals surface area contributed by atoms with Gasteiger partial charge < -0.3 is 10.1 Å². The molecular weight excluding hydrogens is 202 g/mol. The standard InChI is InChI=1S/C13H19NO2/c1-3-4-11-5-7-12(8-6-11)9-10-14-13(15)16-2/h5-8H,3-4,9-10H2,1-2H3,(H,14,15). The molecule has 3 nitrogen and oxygen atoms in total. The lowest BCUT2D eigenvalue weighted by Crippen LogP contribution is -2.25. The van der Waals surface area contributed by atoms with Gasteiger partial charge in [-0.2, -0.15) is 0 Å². The second-order valence-electron chi connectivity index (χ2n) is 3.73. The molecule has 0 saturated carbocycles. The molecule has 1 amide bonds. The maximum absolute atomic E-state index is 10.8. The molecule has 0 aliphatic carbocycles. The van der Waals surface area contributed by atoms with E-state index in [4.69, 9.17) is 0 Å². The number of methoxy groups -OCH3 is 1. The molecule has 0 heterocycles. The summed E-state index contributed by atoms with van der Waals surface area (Å²) in [5.41, 5.74) is 2.60. The molecule has 0 aliphatic heterocycles. The van der Waals surface area contributed by atoms with Crippen molar-refractivity contribution in [3.63, 3.8) is 0 Å². The third-order valence-corrected chi connectivity index (χ3v) is 2.43. The van der Waals surface area contributed by atoms with Crippen LogP contribution in [0.1, 0.15) is 24.5 Å². The Hall–Kier alpha value is -1.51. The predicted octanol–water partition coefficient (Wildman–Crippen LogP) is 2.54. The first kappa shape index (κ1) is 12.6. The van der Waals surface area contributed by atoms with Crippen molar-refractivity contribution in [1.82, 2.24) is 5.32 Å². The summed E-state index contributed by atoms with van der Waals surface area (Å²) in [6.07, 6.45) is 2.76. The van der Waals surface area contributed by atoms with E-state index < -0.39 is 0 Å². The summed E-state index contributed by atoms with van der Waals surface area (Å²) in [4.78, 5) is 10.8. The van der Waals surface area contributed by atoms with E-state index in [1.807, 2.05) is 0 Å². The Balaban J connectivity index is 2.34. The van der Waals surface area contributed by atoms with E-state index in [1.165, 1.54) is 24.7 Å². The molecular formula is C13H19NO2. The summed E-state index contributed by atoms with van der Waals surface area (Å²) in [5, 5.41) is 2.66. The summed E-state index contributed by atoms with van der Waals surface area (Å²) in [6, 6.07) is 8.53. The highest BCUT2D eigenvalue weighted by Gasteiger charge is 1.98. The number of rotatable bonds is 5. The van der Waals surface area contributed by atoms with Gasteiger partial charge in [-0.1, -0.05) is 37.6 Å². The fourth-order valence-electron chi connectivity index (χ4n) is 1.54. The number of ether oxygens (including phenoxy) is 1. The fraction of sp³-hybridized carbons (Fsp3) is 0.462. The van der Waals surface area contributed by atoms with E-state index in [0.717, 1.165) is 12.8 Å². The third-order valence-electron chi connectivity index (χ3n) is 2.43. The van der Waals surface area contributed by atoms with Crippen LogP contribution in [0.2, 0.25) is 0 Å². The van der Waals surface area contributed by atoms with Crippen molar-refractivity contribution in [2.24, 2.45) is 0 Å². The zero-order chi connectivity index (χ0) is 11.8. The van der Waals surface area contributed by atoms with Crippen molar-refractivity contribution < 1.29 is 9.53 Å². The molecule has 0 aliphatic rings. The molecule has 1 aromatic carbocycles. The third kappa shape index (κ3) is 4.34. The Morgan fingerprint density at radius 3 is 2.25 bits per heavy atom. The number of carbonyl (C=O) groups is 1. The zero-order valence-electron chi connectivity index (χ0n) is 9.95. The van der Waals surface area contributed by atoms with Crippen LogP contribution in [0.15, 0.2) is 24.3 Å². The summed E-state index contributed by atoms with van der Waals surface area (Å²) in [5.74, 6) is 0. The van der Waals surface area contributed by atoms with Gasteiger partial charge in [-0.15, -0.1) is 0 Å². The maximum Gasteiger partial charge on any atom is 0.406 e. The van der Waals surface area contributed by atoms with Gasteiger partial charge in [-0.05, 0) is 24.0 Å². The highest BCUT2D eigenvalue weighted by Crippen LogP contribution is 2.06. The van der Waals surface area contributed by atoms with Crippen LogP contribution >= 0.6 is 0 Å². The van der Waals surface area contributed by atoms with E-state index in [0.29, 0.717) is 6.54 Å².